The van der Waals surface area contributed by atoms with Crippen LogP contribution in [0.2, 0.25) is 0 Å². The molecule has 0 aliphatic heterocycles. The van der Waals surface area contributed by atoms with E-state index in [1.807, 2.05) is 0 Å². The number of fused-ring (bicyclic) bond motifs is 13. The number of anilines is 3. The summed E-state index contributed by atoms with van der Waals surface area (Å²) >= 11 is 0. The molecule has 0 unspecified atom stereocenters. The standard InChI is InChI=1S/C64H45N/c1-63(2)59-40-47(46-30-28-44(29-31-46)42-16-5-3-6-17-42)34-38-52(59)53-39-37-49(41-60(53)63)65(48-35-32-45(33-36-48)43-18-7-4-8-19-43)61-27-15-26-58-62(61)54-22-11-14-25-57(54)64(58)55-23-12-9-20-50(55)51-21-10-13-24-56(51)64/h3-41H,1-2H3. The molecule has 0 saturated carbocycles. The largest absolute Gasteiger partial charge is 0.310 e. The molecule has 0 heterocycles. The van der Waals surface area contributed by atoms with Crippen LogP contribution in [0.3, 0.4) is 0 Å². The molecule has 13 rings (SSSR count). The molecule has 0 fully saturated rings. The Bertz CT molecular complexity index is 3440. The summed E-state index contributed by atoms with van der Waals surface area (Å²) in [5.74, 6) is 0. The Hall–Kier alpha value is -8.00. The summed E-state index contributed by atoms with van der Waals surface area (Å²) in [6, 6.07) is 88.1. The van der Waals surface area contributed by atoms with E-state index in [1.54, 1.807) is 0 Å². The average molecular weight is 828 g/mol. The summed E-state index contributed by atoms with van der Waals surface area (Å²) < 4.78 is 0. The van der Waals surface area contributed by atoms with Crippen LogP contribution >= 0.6 is 0 Å². The zero-order valence-electron chi connectivity index (χ0n) is 36.5. The van der Waals surface area contributed by atoms with Gasteiger partial charge in [0.15, 0.2) is 0 Å². The van der Waals surface area contributed by atoms with Crippen LogP contribution in [-0.4, -0.2) is 0 Å². The first-order valence-electron chi connectivity index (χ1n) is 22.8. The van der Waals surface area contributed by atoms with Gasteiger partial charge in [-0.25, -0.2) is 0 Å². The Kier molecular flexibility index (Phi) is 8.24. The molecule has 0 radical (unpaired) electrons. The SMILES string of the molecule is CC1(C)c2cc(-c3ccc(-c4ccccc4)cc3)ccc2-c2ccc(N(c3ccc(-c4ccccc4)cc3)c3cccc4c3-c3ccccc3C43c4ccccc4-c4ccccc43)cc21. The molecule has 0 N–H and O–H groups in total. The van der Waals surface area contributed by atoms with E-state index in [0.29, 0.717) is 0 Å². The van der Waals surface area contributed by atoms with Crippen LogP contribution in [-0.2, 0) is 10.8 Å². The van der Waals surface area contributed by atoms with Gasteiger partial charge in [0.2, 0.25) is 0 Å². The van der Waals surface area contributed by atoms with E-state index in [0.717, 1.165) is 11.4 Å². The summed E-state index contributed by atoms with van der Waals surface area (Å²) in [6.07, 6.45) is 0. The van der Waals surface area contributed by atoms with Gasteiger partial charge in [0, 0.05) is 22.4 Å². The van der Waals surface area contributed by atoms with E-state index in [2.05, 4.69) is 255 Å². The summed E-state index contributed by atoms with van der Waals surface area (Å²) in [4.78, 5) is 2.52. The van der Waals surface area contributed by atoms with Gasteiger partial charge in [-0.3, -0.25) is 0 Å². The maximum atomic E-state index is 2.52. The van der Waals surface area contributed by atoms with Gasteiger partial charge in [-0.1, -0.05) is 214 Å². The number of nitrogens with zero attached hydrogens (tertiary/aromatic N) is 1. The van der Waals surface area contributed by atoms with Crippen molar-refractivity contribution in [2.45, 2.75) is 24.7 Å². The molecule has 0 aromatic heterocycles. The molecular formula is C64H45N. The third kappa shape index (κ3) is 5.46. The maximum Gasteiger partial charge on any atom is 0.0726 e. The third-order valence-electron chi connectivity index (χ3n) is 14.7. The summed E-state index contributed by atoms with van der Waals surface area (Å²) in [5, 5.41) is 0. The third-order valence-corrected chi connectivity index (χ3v) is 14.7. The number of benzene rings is 10. The highest BCUT2D eigenvalue weighted by Crippen LogP contribution is 2.65. The Labute approximate surface area is 381 Å². The summed E-state index contributed by atoms with van der Waals surface area (Å²) in [5.41, 5.74) is 26.1. The second-order valence-electron chi connectivity index (χ2n) is 18.4. The van der Waals surface area contributed by atoms with Gasteiger partial charge in [0.05, 0.1) is 11.1 Å². The zero-order chi connectivity index (χ0) is 43.3. The van der Waals surface area contributed by atoms with Crippen LogP contribution in [0.25, 0.3) is 66.8 Å². The van der Waals surface area contributed by atoms with Crippen LogP contribution in [0.15, 0.2) is 237 Å². The van der Waals surface area contributed by atoms with Crippen molar-refractivity contribution in [1.29, 1.82) is 0 Å². The van der Waals surface area contributed by atoms with Crippen molar-refractivity contribution in [1.82, 2.24) is 0 Å². The van der Waals surface area contributed by atoms with E-state index in [9.17, 15) is 0 Å². The van der Waals surface area contributed by atoms with Crippen LogP contribution in [0.5, 0.6) is 0 Å². The molecule has 0 amide bonds. The van der Waals surface area contributed by atoms with Crippen molar-refractivity contribution >= 4 is 17.1 Å². The van der Waals surface area contributed by atoms with Crippen molar-refractivity contribution in [2.24, 2.45) is 0 Å². The van der Waals surface area contributed by atoms with Gasteiger partial charge >= 0.3 is 0 Å². The van der Waals surface area contributed by atoms with Gasteiger partial charge in [0.25, 0.3) is 0 Å². The Balaban J connectivity index is 0.979. The fraction of sp³-hybridized carbons (Fsp3) is 0.0625. The minimum Gasteiger partial charge on any atom is -0.310 e. The number of hydrogen-bond donors (Lipinski definition) is 0. The van der Waals surface area contributed by atoms with Crippen molar-refractivity contribution < 1.29 is 0 Å². The molecular weight excluding hydrogens is 783 g/mol. The molecule has 306 valence electrons. The average Bonchev–Trinajstić information content (AvgIpc) is 3.93. The van der Waals surface area contributed by atoms with Crippen LogP contribution < -0.4 is 4.90 Å². The molecule has 3 aliphatic rings. The Morgan fingerprint density at radius 3 is 1.28 bits per heavy atom. The fourth-order valence-corrected chi connectivity index (χ4v) is 11.7. The van der Waals surface area contributed by atoms with Gasteiger partial charge in [-0.15, -0.1) is 0 Å². The highest BCUT2D eigenvalue weighted by atomic mass is 15.1. The maximum absolute atomic E-state index is 2.52. The smallest absolute Gasteiger partial charge is 0.0726 e. The molecule has 1 heteroatoms. The monoisotopic (exact) mass is 827 g/mol. The highest BCUT2D eigenvalue weighted by molar-refractivity contribution is 6.01. The van der Waals surface area contributed by atoms with Gasteiger partial charge in [-0.2, -0.15) is 0 Å². The number of rotatable bonds is 6. The lowest BCUT2D eigenvalue weighted by Crippen LogP contribution is -2.26. The minimum atomic E-state index is -0.431. The van der Waals surface area contributed by atoms with Gasteiger partial charge < -0.3 is 4.90 Å². The molecule has 1 spiro atoms. The molecule has 1 nitrogen and oxygen atoms in total. The van der Waals surface area contributed by atoms with E-state index < -0.39 is 5.41 Å². The minimum absolute atomic E-state index is 0.226. The Morgan fingerprint density at radius 2 is 0.677 bits per heavy atom. The molecule has 0 bridgehead atoms. The second kappa shape index (κ2) is 14.3. The van der Waals surface area contributed by atoms with Crippen LogP contribution in [0.4, 0.5) is 17.1 Å². The fourth-order valence-electron chi connectivity index (χ4n) is 11.7. The van der Waals surface area contributed by atoms with Crippen molar-refractivity contribution in [3.63, 3.8) is 0 Å². The van der Waals surface area contributed by atoms with Crippen molar-refractivity contribution in [2.75, 3.05) is 4.90 Å². The van der Waals surface area contributed by atoms with Crippen LogP contribution in [0, 0.1) is 0 Å². The van der Waals surface area contributed by atoms with Crippen molar-refractivity contribution in [3.8, 4) is 66.8 Å². The number of hydrogen-bond acceptors (Lipinski definition) is 1. The lowest BCUT2D eigenvalue weighted by molar-refractivity contribution is 0.660. The quantitative estimate of drug-likeness (QED) is 0.161. The van der Waals surface area contributed by atoms with Gasteiger partial charge in [-0.05, 0) is 131 Å². The topological polar surface area (TPSA) is 3.24 Å². The van der Waals surface area contributed by atoms with E-state index in [-0.39, 0.29) is 5.41 Å². The lowest BCUT2D eigenvalue weighted by atomic mass is 9.70. The van der Waals surface area contributed by atoms with E-state index >= 15 is 0 Å². The molecule has 65 heavy (non-hydrogen) atoms. The zero-order valence-corrected chi connectivity index (χ0v) is 36.5. The molecule has 10 aromatic rings. The summed E-state index contributed by atoms with van der Waals surface area (Å²) in [7, 11) is 0. The summed E-state index contributed by atoms with van der Waals surface area (Å²) in [6.45, 7) is 4.80. The molecule has 3 aliphatic carbocycles. The molecule has 0 atom stereocenters. The first-order valence-corrected chi connectivity index (χ1v) is 22.8. The normalized spacial score (nSPS) is 13.9. The molecule has 0 saturated heterocycles. The van der Waals surface area contributed by atoms with E-state index in [4.69, 9.17) is 0 Å². The van der Waals surface area contributed by atoms with E-state index in [1.165, 1.54) is 106 Å². The highest BCUT2D eigenvalue weighted by Gasteiger charge is 2.52. The van der Waals surface area contributed by atoms with Crippen molar-refractivity contribution in [3.05, 3.63) is 270 Å². The predicted octanol–water partition coefficient (Wildman–Crippen LogP) is 16.8. The molecule has 10 aromatic carbocycles. The first kappa shape index (κ1) is 37.5. The van der Waals surface area contributed by atoms with Crippen LogP contribution in [0.1, 0.15) is 47.2 Å². The lowest BCUT2D eigenvalue weighted by Gasteiger charge is -2.32. The Morgan fingerprint density at radius 1 is 0.277 bits per heavy atom. The predicted molar refractivity (Wildman–Crippen MR) is 271 cm³/mol. The first-order chi connectivity index (χ1) is 32.0. The van der Waals surface area contributed by atoms with Gasteiger partial charge in [0.1, 0.15) is 0 Å². The second-order valence-corrected chi connectivity index (χ2v) is 18.4.